The standard InChI is InChI=1S/C41H53N5O4/c1-26-27(2)39(47)43(7)24-35(26)30-19-37(49-9)36(38(20-30)50-10)25-45-16-14-32(15-17-45)44(8)33-12-11-29-13-18-46(28(3)34(29)21-33)40(48)31(23-42)22-41(4,5)6/h11-12,19-22,24,28,32H,13-18,25H2,1-10H3/b31-22+/t28-/m1/s1. The van der Waals surface area contributed by atoms with Gasteiger partial charge in [0.2, 0.25) is 0 Å². The fourth-order valence-corrected chi connectivity index (χ4v) is 7.49. The van der Waals surface area contributed by atoms with E-state index in [4.69, 9.17) is 9.47 Å². The Morgan fingerprint density at radius 3 is 2.26 bits per heavy atom. The number of carbonyl (C=O) groups excluding carboxylic acids is 1. The van der Waals surface area contributed by atoms with Crippen LogP contribution in [0.1, 0.15) is 74.4 Å². The second-order valence-corrected chi connectivity index (χ2v) is 15.0. The molecule has 0 unspecified atom stereocenters. The molecule has 1 aromatic heterocycles. The molecule has 3 heterocycles. The summed E-state index contributed by atoms with van der Waals surface area (Å²) in [7, 11) is 7.35. The van der Waals surface area contributed by atoms with Crippen LogP contribution in [0.3, 0.4) is 0 Å². The largest absolute Gasteiger partial charge is 0.496 e. The number of aryl methyl sites for hydroxylation is 1. The first kappa shape index (κ1) is 36.7. The van der Waals surface area contributed by atoms with Crippen LogP contribution in [0.4, 0.5) is 5.69 Å². The number of benzene rings is 2. The minimum absolute atomic E-state index is 0.00926. The molecule has 266 valence electrons. The van der Waals surface area contributed by atoms with Crippen molar-refractivity contribution >= 4 is 11.6 Å². The average Bonchev–Trinajstić information content (AvgIpc) is 3.10. The van der Waals surface area contributed by atoms with E-state index in [0.717, 1.165) is 82.9 Å². The average molecular weight is 680 g/mol. The van der Waals surface area contributed by atoms with Crippen molar-refractivity contribution in [3.63, 3.8) is 0 Å². The Morgan fingerprint density at radius 2 is 1.68 bits per heavy atom. The summed E-state index contributed by atoms with van der Waals surface area (Å²) in [4.78, 5) is 32.7. The summed E-state index contributed by atoms with van der Waals surface area (Å²) in [5, 5.41) is 9.78. The Balaban J connectivity index is 1.29. The minimum atomic E-state index is -0.254. The minimum Gasteiger partial charge on any atom is -0.496 e. The van der Waals surface area contributed by atoms with Gasteiger partial charge in [0.25, 0.3) is 11.5 Å². The Bertz CT molecular complexity index is 1860. The number of piperidine rings is 1. The molecule has 1 amide bonds. The lowest BCUT2D eigenvalue weighted by atomic mass is 9.90. The highest BCUT2D eigenvalue weighted by molar-refractivity contribution is 5.97. The van der Waals surface area contributed by atoms with E-state index < -0.39 is 0 Å². The SMILES string of the molecule is COc1cc(-c2cn(C)c(=O)c(C)c2C)cc(OC)c1CN1CCC(N(C)c2ccc3c(c2)[C@@H](C)N(C(=O)/C(C#N)=C/C(C)(C)C)CC3)CC1. The van der Waals surface area contributed by atoms with Crippen LogP contribution in [-0.4, -0.2) is 67.2 Å². The summed E-state index contributed by atoms with van der Waals surface area (Å²) < 4.78 is 13.5. The lowest BCUT2D eigenvalue weighted by molar-refractivity contribution is -0.129. The van der Waals surface area contributed by atoms with Gasteiger partial charge in [0.05, 0.1) is 25.8 Å². The van der Waals surface area contributed by atoms with Crippen LogP contribution in [0.15, 0.2) is 53.0 Å². The van der Waals surface area contributed by atoms with Gasteiger partial charge in [0.15, 0.2) is 0 Å². The molecule has 1 fully saturated rings. The molecule has 50 heavy (non-hydrogen) atoms. The van der Waals surface area contributed by atoms with Gasteiger partial charge in [-0.25, -0.2) is 0 Å². The van der Waals surface area contributed by atoms with E-state index in [1.807, 2.05) is 45.7 Å². The second kappa shape index (κ2) is 14.7. The van der Waals surface area contributed by atoms with E-state index >= 15 is 0 Å². The van der Waals surface area contributed by atoms with Crippen LogP contribution in [0, 0.1) is 30.6 Å². The molecule has 0 radical (unpaired) electrons. The maximum absolute atomic E-state index is 13.5. The summed E-state index contributed by atoms with van der Waals surface area (Å²) in [6, 6.07) is 13.2. The zero-order valence-corrected chi connectivity index (χ0v) is 31.5. The van der Waals surface area contributed by atoms with Gasteiger partial charge >= 0.3 is 0 Å². The number of nitrogens with zero attached hydrogens (tertiary/aromatic N) is 5. The fourth-order valence-electron chi connectivity index (χ4n) is 7.49. The summed E-state index contributed by atoms with van der Waals surface area (Å²) in [6.07, 6.45) is 6.47. The molecule has 5 rings (SSSR count). The molecule has 2 aromatic carbocycles. The van der Waals surface area contributed by atoms with Crippen molar-refractivity contribution in [2.75, 3.05) is 45.8 Å². The van der Waals surface area contributed by atoms with Crippen molar-refractivity contribution in [3.8, 4) is 28.7 Å². The number of hydrogen-bond donors (Lipinski definition) is 0. The third-order valence-corrected chi connectivity index (χ3v) is 10.6. The van der Waals surface area contributed by atoms with Gasteiger partial charge in [-0.05, 0) is 92.0 Å². The maximum Gasteiger partial charge on any atom is 0.264 e. The number of anilines is 1. The van der Waals surface area contributed by atoms with E-state index in [0.29, 0.717) is 19.1 Å². The number of rotatable bonds is 8. The number of ether oxygens (including phenoxy) is 2. The molecule has 9 nitrogen and oxygen atoms in total. The van der Waals surface area contributed by atoms with Crippen LogP contribution in [0.25, 0.3) is 11.1 Å². The molecule has 2 aliphatic heterocycles. The van der Waals surface area contributed by atoms with Crippen molar-refractivity contribution in [2.24, 2.45) is 12.5 Å². The number of hydrogen-bond acceptors (Lipinski definition) is 7. The van der Waals surface area contributed by atoms with Crippen LogP contribution < -0.4 is 19.9 Å². The third kappa shape index (κ3) is 7.46. The molecule has 0 aliphatic carbocycles. The Kier molecular flexibility index (Phi) is 10.8. The van der Waals surface area contributed by atoms with E-state index in [-0.39, 0.29) is 28.5 Å². The summed E-state index contributed by atoms with van der Waals surface area (Å²) in [5.74, 6) is 1.36. The Labute approximate surface area is 297 Å². The van der Waals surface area contributed by atoms with Crippen molar-refractivity contribution < 1.29 is 14.3 Å². The molecule has 3 aromatic rings. The van der Waals surface area contributed by atoms with Gasteiger partial charge in [-0.2, -0.15) is 5.26 Å². The number of methoxy groups -OCH3 is 2. The first-order valence-corrected chi connectivity index (χ1v) is 17.6. The van der Waals surface area contributed by atoms with Crippen molar-refractivity contribution in [2.45, 2.75) is 79.4 Å². The first-order valence-electron chi connectivity index (χ1n) is 17.6. The van der Waals surface area contributed by atoms with Gasteiger partial charge in [-0.1, -0.05) is 32.9 Å². The molecule has 0 bridgehead atoms. The monoisotopic (exact) mass is 679 g/mol. The highest BCUT2D eigenvalue weighted by Crippen LogP contribution is 2.38. The molecular formula is C41H53N5O4. The highest BCUT2D eigenvalue weighted by atomic mass is 16.5. The molecule has 1 atom stereocenters. The first-order chi connectivity index (χ1) is 23.7. The maximum atomic E-state index is 13.5. The smallest absolute Gasteiger partial charge is 0.264 e. The molecule has 9 heteroatoms. The van der Waals surface area contributed by atoms with Gasteiger partial charge in [0.1, 0.15) is 23.1 Å². The second-order valence-electron chi connectivity index (χ2n) is 15.0. The number of likely N-dealkylation sites (tertiary alicyclic amines) is 1. The Hall–Kier alpha value is -4.55. The van der Waals surface area contributed by atoms with Crippen LogP contribution in [0.5, 0.6) is 11.5 Å². The number of nitriles is 1. The number of amides is 1. The lowest BCUT2D eigenvalue weighted by Crippen LogP contribution is -2.43. The molecular weight excluding hydrogens is 626 g/mol. The van der Waals surface area contributed by atoms with E-state index in [1.54, 1.807) is 31.9 Å². The van der Waals surface area contributed by atoms with Crippen LogP contribution >= 0.6 is 0 Å². The Morgan fingerprint density at radius 1 is 1.04 bits per heavy atom. The number of aromatic nitrogens is 1. The van der Waals surface area contributed by atoms with Gasteiger partial charge in [0, 0.05) is 69.3 Å². The lowest BCUT2D eigenvalue weighted by Gasteiger charge is -2.39. The molecule has 2 aliphatic rings. The topological polar surface area (TPSA) is 91.0 Å². The zero-order valence-electron chi connectivity index (χ0n) is 31.5. The molecule has 0 spiro atoms. The third-order valence-electron chi connectivity index (χ3n) is 10.6. The zero-order chi connectivity index (χ0) is 36.5. The predicted octanol–water partition coefficient (Wildman–Crippen LogP) is 6.73. The van der Waals surface area contributed by atoms with Crippen molar-refractivity contribution in [1.82, 2.24) is 14.4 Å². The van der Waals surface area contributed by atoms with Gasteiger partial charge < -0.3 is 23.8 Å². The summed E-state index contributed by atoms with van der Waals surface area (Å²) in [5.41, 5.74) is 8.19. The predicted molar refractivity (Wildman–Crippen MR) is 200 cm³/mol. The van der Waals surface area contributed by atoms with Crippen molar-refractivity contribution in [3.05, 3.63) is 86.3 Å². The number of fused-ring (bicyclic) bond motifs is 1. The van der Waals surface area contributed by atoms with Gasteiger partial charge in [-0.3, -0.25) is 14.5 Å². The fraction of sp³-hybridized carbons (Fsp3) is 0.488. The van der Waals surface area contributed by atoms with Crippen LogP contribution in [-0.2, 0) is 24.8 Å². The highest BCUT2D eigenvalue weighted by Gasteiger charge is 2.32. The normalized spacial score (nSPS) is 17.3. The molecule has 0 N–H and O–H groups in total. The molecule has 0 saturated carbocycles. The van der Waals surface area contributed by atoms with Crippen LogP contribution in [0.2, 0.25) is 0 Å². The number of pyridine rings is 1. The van der Waals surface area contributed by atoms with Crippen molar-refractivity contribution in [1.29, 1.82) is 5.26 Å². The number of carbonyl (C=O) groups is 1. The summed E-state index contributed by atoms with van der Waals surface area (Å²) in [6.45, 7) is 15.1. The van der Waals surface area contributed by atoms with Gasteiger partial charge in [-0.15, -0.1) is 0 Å². The molecule has 1 saturated heterocycles. The van der Waals surface area contributed by atoms with E-state index in [1.165, 1.54) is 5.56 Å². The number of allylic oxidation sites excluding steroid dienone is 1. The quantitative estimate of drug-likeness (QED) is 0.193. The summed E-state index contributed by atoms with van der Waals surface area (Å²) >= 11 is 0. The van der Waals surface area contributed by atoms with E-state index in [2.05, 4.69) is 60.2 Å². The van der Waals surface area contributed by atoms with E-state index in [9.17, 15) is 14.9 Å².